The van der Waals surface area contributed by atoms with E-state index in [0.29, 0.717) is 70.9 Å². The standard InChI is InChI=1S/C35H55N3O.C32H55N5O.C31H53N5O.C31H48N4O/c1-29(2)15-7-5-12-21-34(37-28-33-20-13-14-26-36-33)35(39)38-27-32-24-22-31(23-25-32)19-9-4-3-8-16-30-17-10-6-11-18-30;33-32(34)35-23-11-18-30(36-24-28-16-9-4-10-17-28)31(38)37-25-29-21-19-27(20-22-29)15-6-2-1-5-12-26-13-7-3-8-14-26;32-31(33)34-23-11-18-29(36-28-16-9-4-10-17-28)30(37)35-24-27-21-19-26(20-22-27)15-6-2-1-5-12-25-13-7-3-8-14-25;32-22-10-8-17-30(34-25-29-16-9-11-23-33-29)31(36)35-24-28-20-18-27(19-21-28)15-5-2-1-4-12-26-13-6-3-7-14-26/h13-14,20,22-26,29-30,34,37H,3-12,15-19,21,27-28H2,1-2H3,(H,38,39);19-22,26,28,30,36H,1-18,23-25H2,(H,37,38)(H4,33,34,35);19-22,25,28-29,36H,1-18,23-24H2,(H,35,37)(H4,32,33,34);9,11,16,18-21,23,26,30,34H,1-8,10,12-15,17,22,24-25,32H2,(H,35,36)/t34-;30-;29-;30-/m0000/s1. The Morgan fingerprint density at radius 3 is 0.873 bits per heavy atom. The fourth-order valence-electron chi connectivity index (χ4n) is 23.5. The summed E-state index contributed by atoms with van der Waals surface area (Å²) in [5.41, 5.74) is 39.6. The van der Waals surface area contributed by atoms with Crippen LogP contribution >= 0.6 is 0 Å². The second-order valence-electron chi connectivity index (χ2n) is 46.2. The van der Waals surface area contributed by atoms with Crippen molar-refractivity contribution in [2.45, 2.75) is 507 Å². The summed E-state index contributed by atoms with van der Waals surface area (Å²) >= 11 is 0. The van der Waals surface area contributed by atoms with Crippen LogP contribution in [-0.4, -0.2) is 102 Å². The molecule has 0 unspecified atom stereocenters. The summed E-state index contributed by atoms with van der Waals surface area (Å²) in [7, 11) is 0. The Labute approximate surface area is 910 Å². The minimum atomic E-state index is -0.240. The van der Waals surface area contributed by atoms with Crippen LogP contribution in [0.25, 0.3) is 0 Å². The first kappa shape index (κ1) is 125. The van der Waals surface area contributed by atoms with Gasteiger partial charge in [0.05, 0.1) is 35.6 Å². The average molecular weight is 2060 g/mol. The van der Waals surface area contributed by atoms with Crippen molar-refractivity contribution in [1.29, 1.82) is 0 Å². The Morgan fingerprint density at radius 1 is 0.287 bits per heavy atom. The molecule has 12 rings (SSSR count). The number of aliphatic imine (C=N–C) groups is 2. The molecular weight excluding hydrogens is 1850 g/mol. The third kappa shape index (κ3) is 58.6. The molecule has 6 aromatic rings. The predicted molar refractivity (Wildman–Crippen MR) is 629 cm³/mol. The highest BCUT2D eigenvalue weighted by molar-refractivity contribution is 5.83. The van der Waals surface area contributed by atoms with Crippen LogP contribution in [0.15, 0.2) is 156 Å². The van der Waals surface area contributed by atoms with E-state index in [0.717, 1.165) is 161 Å². The maximum absolute atomic E-state index is 13.1. The number of unbranched alkanes of at least 4 members (excludes halogenated alkanes) is 15. The van der Waals surface area contributed by atoms with Crippen LogP contribution in [0.4, 0.5) is 0 Å². The van der Waals surface area contributed by atoms with E-state index in [1.54, 1.807) is 12.4 Å². The van der Waals surface area contributed by atoms with Gasteiger partial charge in [-0.05, 0) is 239 Å². The van der Waals surface area contributed by atoms with Gasteiger partial charge in [-0.2, -0.15) is 0 Å². The molecule has 6 aliphatic carbocycles. The lowest BCUT2D eigenvalue weighted by molar-refractivity contribution is -0.124. The van der Waals surface area contributed by atoms with Gasteiger partial charge in [-0.1, -0.05) is 425 Å². The van der Waals surface area contributed by atoms with Crippen LogP contribution < -0.4 is 71.2 Å². The zero-order valence-corrected chi connectivity index (χ0v) is 94.3. The summed E-state index contributed by atoms with van der Waals surface area (Å²) < 4.78 is 0. The highest BCUT2D eigenvalue weighted by Crippen LogP contribution is 2.34. The number of amides is 4. The lowest BCUT2D eigenvalue weighted by atomic mass is 9.85. The van der Waals surface area contributed by atoms with Gasteiger partial charge in [-0.15, -0.1) is 0 Å². The van der Waals surface area contributed by atoms with Gasteiger partial charge < -0.3 is 71.2 Å². The molecule has 21 nitrogen and oxygen atoms in total. The lowest BCUT2D eigenvalue weighted by Gasteiger charge is -2.28. The molecule has 6 saturated carbocycles. The molecule has 4 aromatic carbocycles. The van der Waals surface area contributed by atoms with Crippen LogP contribution in [0.3, 0.4) is 0 Å². The molecule has 6 aliphatic rings. The van der Waals surface area contributed by atoms with E-state index in [9.17, 15) is 19.2 Å². The smallest absolute Gasteiger partial charge is 0.237 e. The Hall–Kier alpha value is -8.60. The van der Waals surface area contributed by atoms with Crippen molar-refractivity contribution in [2.75, 3.05) is 26.2 Å². The first-order chi connectivity index (χ1) is 73.5. The number of guanidine groups is 2. The summed E-state index contributed by atoms with van der Waals surface area (Å²) in [6.45, 7) is 10.7. The quantitative estimate of drug-likeness (QED) is 0.00959. The molecule has 2 aromatic heterocycles. The molecule has 0 radical (unpaired) electrons. The van der Waals surface area contributed by atoms with E-state index >= 15 is 0 Å². The molecule has 150 heavy (non-hydrogen) atoms. The monoisotopic (exact) mass is 2060 g/mol. The number of rotatable bonds is 69. The molecule has 21 heteroatoms. The molecule has 4 atom stereocenters. The molecule has 4 amide bonds. The van der Waals surface area contributed by atoms with Crippen LogP contribution in [0.5, 0.6) is 0 Å². The minimum absolute atomic E-state index is 0.0419. The zero-order chi connectivity index (χ0) is 106. The number of carbonyl (C=O) groups is 4. The number of nitrogens with two attached hydrogens (primary N) is 5. The summed E-state index contributed by atoms with van der Waals surface area (Å²) in [5.74, 6) is 6.00. The lowest BCUT2D eigenvalue weighted by Crippen LogP contribution is -2.48. The van der Waals surface area contributed by atoms with E-state index < -0.39 is 0 Å². The van der Waals surface area contributed by atoms with Gasteiger partial charge in [-0.3, -0.25) is 39.1 Å². The molecular formula is C129H211N17O4. The molecule has 0 bridgehead atoms. The number of hydrogen-bond donors (Lipinski definition) is 13. The number of nitrogens with one attached hydrogen (secondary N) is 8. The number of nitrogens with zero attached hydrogens (tertiary/aromatic N) is 4. The first-order valence-electron chi connectivity index (χ1n) is 61.5. The van der Waals surface area contributed by atoms with E-state index in [1.165, 1.54) is 355 Å². The zero-order valence-electron chi connectivity index (χ0n) is 94.3. The fraction of sp³-hybridized carbons (Fsp3) is 0.690. The largest absolute Gasteiger partial charge is 0.370 e. The molecule has 18 N–H and O–H groups in total. The highest BCUT2D eigenvalue weighted by Gasteiger charge is 2.27. The summed E-state index contributed by atoms with van der Waals surface area (Å²) in [5, 5.41) is 26.7. The average Bonchev–Trinajstić information content (AvgIpc) is 0.900. The van der Waals surface area contributed by atoms with Gasteiger partial charge in [0.15, 0.2) is 11.9 Å². The Morgan fingerprint density at radius 2 is 0.560 bits per heavy atom. The van der Waals surface area contributed by atoms with Crippen molar-refractivity contribution in [3.8, 4) is 0 Å². The van der Waals surface area contributed by atoms with Gasteiger partial charge in [0.2, 0.25) is 23.6 Å². The number of pyridine rings is 2. The van der Waals surface area contributed by atoms with Gasteiger partial charge in [0, 0.05) is 70.8 Å². The van der Waals surface area contributed by atoms with E-state index in [1.807, 2.05) is 36.4 Å². The molecule has 6 fully saturated rings. The van der Waals surface area contributed by atoms with Gasteiger partial charge in [0.25, 0.3) is 0 Å². The predicted octanol–water partition coefficient (Wildman–Crippen LogP) is 26.3. The van der Waals surface area contributed by atoms with Crippen LogP contribution in [0.1, 0.15) is 468 Å². The summed E-state index contributed by atoms with van der Waals surface area (Å²) in [4.78, 5) is 69.0. The second kappa shape index (κ2) is 80.2. The van der Waals surface area contributed by atoms with E-state index in [4.69, 9.17) is 28.7 Å². The van der Waals surface area contributed by atoms with Crippen molar-refractivity contribution in [3.63, 3.8) is 0 Å². The van der Waals surface area contributed by atoms with Crippen molar-refractivity contribution >= 4 is 35.5 Å². The highest BCUT2D eigenvalue weighted by atomic mass is 16.2. The molecule has 0 aliphatic heterocycles. The fourth-order valence-corrected chi connectivity index (χ4v) is 23.5. The topological polar surface area (TPSA) is 345 Å². The second-order valence-corrected chi connectivity index (χ2v) is 46.2. The minimum Gasteiger partial charge on any atom is -0.370 e. The third-order valence-electron chi connectivity index (χ3n) is 33.0. The van der Waals surface area contributed by atoms with Crippen molar-refractivity contribution < 1.29 is 19.2 Å². The molecule has 0 spiro atoms. The van der Waals surface area contributed by atoms with Gasteiger partial charge in [0.1, 0.15) is 0 Å². The first-order valence-corrected chi connectivity index (χ1v) is 61.5. The van der Waals surface area contributed by atoms with Crippen LogP contribution in [0.2, 0.25) is 0 Å². The molecule has 2 heterocycles. The maximum atomic E-state index is 13.1. The Kier molecular flexibility index (Phi) is 66.8. The summed E-state index contributed by atoms with van der Waals surface area (Å²) in [6, 6.07) is 46.6. The molecule has 836 valence electrons. The SMILES string of the molecule is CC(C)CCCCC[C@H](NCc1ccccn1)C(=O)NCc1ccc(CCCCCCC2CCCCC2)cc1.NC(N)=NCCC[C@H](NC1CCCCC1)C(=O)NCc1ccc(CCCCCCC2CCCCC2)cc1.NC(N)=NCCC[C@H](NCC1CCCCC1)C(=O)NCc1ccc(CCCCCCC2CCCCC2)cc1.NCCCC[C@H](NCc1ccccn1)C(=O)NCc1ccc(CCCCCCC2CCCCC2)cc1. The van der Waals surface area contributed by atoms with E-state index in [-0.39, 0.29) is 59.7 Å². The van der Waals surface area contributed by atoms with Gasteiger partial charge >= 0.3 is 0 Å². The maximum Gasteiger partial charge on any atom is 0.237 e. The van der Waals surface area contributed by atoms with Crippen LogP contribution in [0, 0.1) is 35.5 Å². The van der Waals surface area contributed by atoms with Crippen molar-refractivity contribution in [3.05, 3.63) is 202 Å². The Bertz CT molecular complexity index is 4420. The van der Waals surface area contributed by atoms with Crippen molar-refractivity contribution in [1.82, 2.24) is 52.5 Å². The van der Waals surface area contributed by atoms with Crippen LogP contribution in [-0.2, 0) is 84.1 Å². The number of aryl methyl sites for hydroxylation is 4. The van der Waals surface area contributed by atoms with Gasteiger partial charge in [-0.25, -0.2) is 0 Å². The number of hydrogen-bond acceptors (Lipinski definition) is 13. The molecule has 0 saturated heterocycles. The number of carbonyl (C=O) groups excluding carboxylic acids is 4. The number of aromatic nitrogens is 2. The van der Waals surface area contributed by atoms with E-state index in [2.05, 4.69) is 173 Å². The third-order valence-corrected chi connectivity index (χ3v) is 33.0. The Balaban J connectivity index is 0.000000222. The van der Waals surface area contributed by atoms with Crippen molar-refractivity contribution in [2.24, 2.45) is 74.2 Å². The summed E-state index contributed by atoms with van der Waals surface area (Å²) in [6.07, 6.45) is 88.8. The normalized spacial score (nSPS) is 16.4. The number of benzene rings is 4.